The molecule has 29 heavy (non-hydrogen) atoms. The molecule has 1 unspecified atom stereocenters. The summed E-state index contributed by atoms with van der Waals surface area (Å²) < 4.78 is 11.6. The van der Waals surface area contributed by atoms with Gasteiger partial charge >= 0.3 is 0 Å². The van der Waals surface area contributed by atoms with Gasteiger partial charge in [-0.05, 0) is 52.7 Å². The van der Waals surface area contributed by atoms with Gasteiger partial charge in [-0.1, -0.05) is 60.7 Å². The van der Waals surface area contributed by atoms with Gasteiger partial charge in [0.05, 0.1) is 6.54 Å². The molecule has 0 fully saturated rings. The van der Waals surface area contributed by atoms with Crippen LogP contribution in [0.2, 0.25) is 0 Å². The number of hydrogen-bond donors (Lipinski definition) is 1. The molecule has 1 atom stereocenters. The number of rotatable bonds is 7. The highest BCUT2D eigenvalue weighted by Crippen LogP contribution is 2.22. The number of nitrogens with one attached hydrogen (secondary N) is 1. The summed E-state index contributed by atoms with van der Waals surface area (Å²) >= 11 is 0. The molecule has 0 aliphatic heterocycles. The maximum atomic E-state index is 12.3. The molecule has 0 heterocycles. The van der Waals surface area contributed by atoms with E-state index in [9.17, 15) is 4.79 Å². The zero-order valence-electron chi connectivity index (χ0n) is 16.3. The summed E-state index contributed by atoms with van der Waals surface area (Å²) in [5, 5.41) is 7.39. The van der Waals surface area contributed by atoms with E-state index in [4.69, 9.17) is 9.47 Å². The molecule has 0 aliphatic rings. The number of carbonyl (C=O) groups excluding carboxylic acids is 1. The molecule has 1 amide bonds. The average molecular weight is 385 g/mol. The number of fused-ring (bicyclic) bond motifs is 2. The van der Waals surface area contributed by atoms with Crippen molar-refractivity contribution < 1.29 is 14.3 Å². The lowest BCUT2D eigenvalue weighted by molar-refractivity contribution is -0.127. The predicted octanol–water partition coefficient (Wildman–Crippen LogP) is 4.96. The largest absolute Gasteiger partial charge is 0.492 e. The van der Waals surface area contributed by atoms with Gasteiger partial charge in [-0.15, -0.1) is 0 Å². The number of hydrogen-bond acceptors (Lipinski definition) is 3. The van der Waals surface area contributed by atoms with Gasteiger partial charge in [0.2, 0.25) is 0 Å². The molecule has 0 saturated heterocycles. The van der Waals surface area contributed by atoms with Crippen molar-refractivity contribution in [1.29, 1.82) is 0 Å². The van der Waals surface area contributed by atoms with E-state index in [1.54, 1.807) is 6.92 Å². The zero-order valence-corrected chi connectivity index (χ0v) is 16.3. The summed E-state index contributed by atoms with van der Waals surface area (Å²) in [7, 11) is 0. The predicted molar refractivity (Wildman–Crippen MR) is 116 cm³/mol. The molecule has 1 N–H and O–H groups in total. The topological polar surface area (TPSA) is 47.6 Å². The minimum absolute atomic E-state index is 0.166. The summed E-state index contributed by atoms with van der Waals surface area (Å²) in [5.74, 6) is 1.30. The first-order valence-electron chi connectivity index (χ1n) is 9.74. The van der Waals surface area contributed by atoms with Crippen LogP contribution in [-0.4, -0.2) is 25.2 Å². The third kappa shape index (κ3) is 4.66. The monoisotopic (exact) mass is 385 g/mol. The van der Waals surface area contributed by atoms with Gasteiger partial charge in [-0.2, -0.15) is 0 Å². The first-order chi connectivity index (χ1) is 14.2. The Balaban J connectivity index is 1.26. The molecule has 0 saturated carbocycles. The van der Waals surface area contributed by atoms with Crippen molar-refractivity contribution in [3.05, 3.63) is 84.9 Å². The molecular formula is C25H23NO3. The van der Waals surface area contributed by atoms with Gasteiger partial charge in [-0.25, -0.2) is 0 Å². The van der Waals surface area contributed by atoms with E-state index in [0.717, 1.165) is 21.9 Å². The van der Waals surface area contributed by atoms with Crippen LogP contribution in [0, 0.1) is 0 Å². The van der Waals surface area contributed by atoms with Crippen molar-refractivity contribution in [2.45, 2.75) is 13.0 Å². The molecule has 4 aromatic carbocycles. The summed E-state index contributed by atoms with van der Waals surface area (Å²) in [4.78, 5) is 12.3. The Morgan fingerprint density at radius 3 is 2.00 bits per heavy atom. The first-order valence-corrected chi connectivity index (χ1v) is 9.74. The first kappa shape index (κ1) is 18.8. The average Bonchev–Trinajstić information content (AvgIpc) is 2.76. The van der Waals surface area contributed by atoms with Crippen LogP contribution in [0.1, 0.15) is 6.92 Å². The fourth-order valence-corrected chi connectivity index (χ4v) is 3.24. The van der Waals surface area contributed by atoms with Gasteiger partial charge in [0, 0.05) is 0 Å². The van der Waals surface area contributed by atoms with Gasteiger partial charge in [-0.3, -0.25) is 4.79 Å². The van der Waals surface area contributed by atoms with E-state index in [1.165, 1.54) is 5.39 Å². The fraction of sp³-hybridized carbons (Fsp3) is 0.160. The standard InChI is InChI=1S/C25H23NO3/c1-18(29-24-13-11-20-7-3-5-9-22(20)17-24)25(27)26-14-15-28-23-12-10-19-6-2-4-8-21(19)16-23/h2-13,16-18H,14-15H2,1H3,(H,26,27). The third-order valence-corrected chi connectivity index (χ3v) is 4.79. The Kier molecular flexibility index (Phi) is 5.61. The summed E-state index contributed by atoms with van der Waals surface area (Å²) in [6, 6.07) is 28.0. The molecule has 0 bridgehead atoms. The van der Waals surface area contributed by atoms with Crippen LogP contribution in [0.15, 0.2) is 84.9 Å². The van der Waals surface area contributed by atoms with Crippen molar-refractivity contribution in [3.63, 3.8) is 0 Å². The molecule has 4 heteroatoms. The van der Waals surface area contributed by atoms with Gasteiger partial charge in [0.15, 0.2) is 6.10 Å². The SMILES string of the molecule is CC(Oc1ccc2ccccc2c1)C(=O)NCCOc1ccc2ccccc2c1. The number of carbonyl (C=O) groups is 1. The Hall–Kier alpha value is -3.53. The lowest BCUT2D eigenvalue weighted by Gasteiger charge is -2.15. The Labute approximate surface area is 170 Å². The molecule has 0 radical (unpaired) electrons. The molecular weight excluding hydrogens is 362 g/mol. The van der Waals surface area contributed by atoms with E-state index >= 15 is 0 Å². The number of ether oxygens (including phenoxy) is 2. The highest BCUT2D eigenvalue weighted by atomic mass is 16.5. The van der Waals surface area contributed by atoms with Crippen molar-refractivity contribution in [1.82, 2.24) is 5.32 Å². The van der Waals surface area contributed by atoms with Crippen molar-refractivity contribution >= 4 is 27.5 Å². The van der Waals surface area contributed by atoms with Gasteiger partial charge in [0.1, 0.15) is 18.1 Å². The lowest BCUT2D eigenvalue weighted by atomic mass is 10.1. The highest BCUT2D eigenvalue weighted by Gasteiger charge is 2.14. The van der Waals surface area contributed by atoms with Crippen LogP contribution >= 0.6 is 0 Å². The zero-order chi connectivity index (χ0) is 20.1. The summed E-state index contributed by atoms with van der Waals surface area (Å²) in [6.07, 6.45) is -0.586. The highest BCUT2D eigenvalue weighted by molar-refractivity contribution is 5.85. The molecule has 0 aliphatic carbocycles. The Morgan fingerprint density at radius 1 is 0.793 bits per heavy atom. The maximum Gasteiger partial charge on any atom is 0.260 e. The van der Waals surface area contributed by atoms with Crippen LogP contribution in [0.25, 0.3) is 21.5 Å². The quantitative estimate of drug-likeness (QED) is 0.458. The third-order valence-electron chi connectivity index (χ3n) is 4.79. The molecule has 4 nitrogen and oxygen atoms in total. The molecule has 4 aromatic rings. The normalized spacial score (nSPS) is 11.9. The second-order valence-corrected chi connectivity index (χ2v) is 6.92. The van der Waals surface area contributed by atoms with E-state index in [-0.39, 0.29) is 5.91 Å². The summed E-state index contributed by atoms with van der Waals surface area (Å²) in [6.45, 7) is 2.55. The molecule has 0 spiro atoms. The molecule has 4 rings (SSSR count). The Morgan fingerprint density at radius 2 is 1.34 bits per heavy atom. The number of benzene rings is 4. The molecule has 0 aromatic heterocycles. The van der Waals surface area contributed by atoms with E-state index in [2.05, 4.69) is 17.4 Å². The minimum atomic E-state index is -0.586. The van der Waals surface area contributed by atoms with E-state index in [1.807, 2.05) is 72.8 Å². The lowest BCUT2D eigenvalue weighted by Crippen LogP contribution is -2.38. The van der Waals surface area contributed by atoms with Crippen LogP contribution in [0.4, 0.5) is 0 Å². The van der Waals surface area contributed by atoms with E-state index < -0.39 is 6.10 Å². The van der Waals surface area contributed by atoms with Crippen molar-refractivity contribution in [3.8, 4) is 11.5 Å². The molecule has 146 valence electrons. The number of amides is 1. The van der Waals surface area contributed by atoms with Crippen LogP contribution in [-0.2, 0) is 4.79 Å². The second kappa shape index (κ2) is 8.65. The van der Waals surface area contributed by atoms with Crippen LogP contribution in [0.3, 0.4) is 0 Å². The van der Waals surface area contributed by atoms with Gasteiger partial charge in [0.25, 0.3) is 5.91 Å². The van der Waals surface area contributed by atoms with E-state index in [0.29, 0.717) is 18.9 Å². The smallest absolute Gasteiger partial charge is 0.260 e. The van der Waals surface area contributed by atoms with Crippen molar-refractivity contribution in [2.75, 3.05) is 13.2 Å². The van der Waals surface area contributed by atoms with Crippen molar-refractivity contribution in [2.24, 2.45) is 0 Å². The summed E-state index contributed by atoms with van der Waals surface area (Å²) in [5.41, 5.74) is 0. The fourth-order valence-electron chi connectivity index (χ4n) is 3.24. The van der Waals surface area contributed by atoms with Gasteiger partial charge < -0.3 is 14.8 Å². The second-order valence-electron chi connectivity index (χ2n) is 6.92. The van der Waals surface area contributed by atoms with Crippen LogP contribution < -0.4 is 14.8 Å². The maximum absolute atomic E-state index is 12.3. The van der Waals surface area contributed by atoms with Crippen LogP contribution in [0.5, 0.6) is 11.5 Å². The minimum Gasteiger partial charge on any atom is -0.492 e. The Bertz CT molecular complexity index is 1140.